The first-order valence-electron chi connectivity index (χ1n) is 16.7. The van der Waals surface area contributed by atoms with Gasteiger partial charge in [0, 0.05) is 22.8 Å². The van der Waals surface area contributed by atoms with Gasteiger partial charge in [-0.15, -0.1) is 22.1 Å². The van der Waals surface area contributed by atoms with Gasteiger partial charge in [0.25, 0.3) is 0 Å². The summed E-state index contributed by atoms with van der Waals surface area (Å²) in [5.41, 5.74) is 11.1. The van der Waals surface area contributed by atoms with Crippen LogP contribution in [0.3, 0.4) is 0 Å². The third-order valence-electron chi connectivity index (χ3n) is 9.35. The van der Waals surface area contributed by atoms with E-state index < -0.39 is 0 Å². The Morgan fingerprint density at radius 3 is 1.13 bits per heavy atom. The Hall–Kier alpha value is -6.40. The number of H-pyrrole nitrogens is 2. The van der Waals surface area contributed by atoms with E-state index in [4.69, 9.17) is 9.97 Å². The van der Waals surface area contributed by atoms with Gasteiger partial charge in [-0.05, 0) is 117 Å². The molecule has 2 aliphatic carbocycles. The van der Waals surface area contributed by atoms with Gasteiger partial charge in [-0.25, -0.2) is 0 Å². The number of aromatic hydroxyl groups is 2. The second kappa shape index (κ2) is 13.6. The number of phenolic OH excluding ortho intramolecular Hbond substituents is 2. The fraction of sp³-hybridized carbons (Fsp3) is 0. The molecule has 5 heterocycles. The Kier molecular flexibility index (Phi) is 8.67. The molecule has 0 spiro atoms. The zero-order valence-electron chi connectivity index (χ0n) is 28.0. The topological polar surface area (TPSA) is 134 Å². The summed E-state index contributed by atoms with van der Waals surface area (Å²) in [6.07, 6.45) is 13.4. The second-order valence-corrected chi connectivity index (χ2v) is 12.6. The number of fused-ring (bicyclic) bond motifs is 8. The van der Waals surface area contributed by atoms with Crippen LogP contribution in [0, 0.1) is 0 Å². The number of benzene rings is 2. The molecular weight excluding hydrogens is 856 g/mol. The van der Waals surface area contributed by atoms with Gasteiger partial charge in [-0.2, -0.15) is 0 Å². The minimum absolute atomic E-state index is 0. The average molecular weight is 884 g/mol. The summed E-state index contributed by atoms with van der Waals surface area (Å²) >= 11 is 0. The van der Waals surface area contributed by atoms with E-state index >= 15 is 0 Å². The molecular formula is C44H28N4O4Pb. The zero-order chi connectivity index (χ0) is 35.3. The van der Waals surface area contributed by atoms with E-state index in [-0.39, 0.29) is 50.4 Å². The van der Waals surface area contributed by atoms with Gasteiger partial charge in [0.15, 0.2) is 11.6 Å². The summed E-state index contributed by atoms with van der Waals surface area (Å²) in [4.78, 5) is 42.1. The van der Waals surface area contributed by atoms with Crippen molar-refractivity contribution in [1.29, 1.82) is 0 Å². The van der Waals surface area contributed by atoms with E-state index in [2.05, 4.69) is 9.97 Å². The first-order valence-corrected chi connectivity index (χ1v) is 16.7. The van der Waals surface area contributed by atoms with Gasteiger partial charge in [0.2, 0.25) is 0 Å². The van der Waals surface area contributed by atoms with E-state index in [0.717, 1.165) is 67.3 Å². The molecule has 9 heteroatoms. The molecule has 1 aliphatic heterocycles. The van der Waals surface area contributed by atoms with Crippen molar-refractivity contribution in [3.05, 3.63) is 213 Å². The third-order valence-corrected chi connectivity index (χ3v) is 9.35. The van der Waals surface area contributed by atoms with Crippen molar-refractivity contribution in [3.8, 4) is 11.5 Å². The number of allylic oxidation sites excluding steroid dienone is 10. The minimum atomic E-state index is -0.0922. The first kappa shape index (κ1) is 33.7. The molecule has 3 aliphatic rings. The van der Waals surface area contributed by atoms with Crippen LogP contribution in [0.2, 0.25) is 0 Å². The fourth-order valence-electron chi connectivity index (χ4n) is 6.92. The maximum atomic E-state index is 12.2. The standard InChI is InChI=1S/C44H30N4O4.Pb/c49-29-9-1-25(2-10-29)41-33-17-19-35(45-33)42(26-3-11-30(50)12-4-26)37-21-23-39(47-37)44(28-7-15-32(52)16-8-28)40-24-22-38(48-40)43(36-20-18-34(41)46-36)27-5-13-31(51)14-6-27;/h1-24H,(H6,45,46,47,48,49,50,51,52);/q;+2/p-2/b41-33-,41-34?,42-35-,42-37?,43-36?,43-38?,44-39?,44-40?;. The van der Waals surface area contributed by atoms with Crippen LogP contribution < -0.4 is 20.7 Å². The molecule has 0 amide bonds. The summed E-state index contributed by atoms with van der Waals surface area (Å²) in [5, 5.41) is 21.7. The Balaban J connectivity index is 0.00000400. The Morgan fingerprint density at radius 2 is 0.755 bits per heavy atom. The minimum Gasteiger partial charge on any atom is -0.657 e. The van der Waals surface area contributed by atoms with Crippen molar-refractivity contribution in [2.45, 2.75) is 0 Å². The number of carbonyl (C=O) groups is 2. The van der Waals surface area contributed by atoms with E-state index in [1.165, 1.54) is 0 Å². The van der Waals surface area contributed by atoms with Gasteiger partial charge in [0.05, 0.1) is 0 Å². The number of rotatable bonds is 2. The summed E-state index contributed by atoms with van der Waals surface area (Å²) < 4.78 is 0. The molecule has 252 valence electrons. The predicted molar refractivity (Wildman–Crippen MR) is 204 cm³/mol. The molecule has 0 fully saturated rings. The van der Waals surface area contributed by atoms with E-state index in [1.807, 2.05) is 72.8 Å². The molecule has 2 radical (unpaired) electrons. The number of hydrogen-bond donors (Lipinski definition) is 4. The van der Waals surface area contributed by atoms with Crippen LogP contribution in [0.15, 0.2) is 157 Å². The van der Waals surface area contributed by atoms with Crippen LogP contribution in [0.25, 0.3) is 22.3 Å². The van der Waals surface area contributed by atoms with E-state index in [0.29, 0.717) is 22.1 Å². The van der Waals surface area contributed by atoms with Crippen molar-refractivity contribution >= 4 is 61.2 Å². The van der Waals surface area contributed by atoms with Crippen LogP contribution in [0.5, 0.6) is 11.5 Å². The molecule has 53 heavy (non-hydrogen) atoms. The normalized spacial score (nSPS) is 17.1. The predicted octanol–water partition coefficient (Wildman–Crippen LogP) is 5.09. The van der Waals surface area contributed by atoms with Gasteiger partial charge >= 0.3 is 27.3 Å². The van der Waals surface area contributed by atoms with Crippen molar-refractivity contribution < 1.29 is 19.8 Å². The number of nitrogens with one attached hydrogen (secondary N) is 2. The maximum absolute atomic E-state index is 12.2. The number of aromatic amines is 2. The molecule has 8 nitrogen and oxygen atoms in total. The molecule has 9 rings (SSSR count). The molecule has 2 aromatic carbocycles. The molecule has 8 bridgehead atoms. The van der Waals surface area contributed by atoms with E-state index in [9.17, 15) is 19.8 Å². The number of carbonyl (C=O) groups excluding carboxylic acids is 2. The van der Waals surface area contributed by atoms with E-state index in [1.54, 1.807) is 72.9 Å². The average Bonchev–Trinajstić information content (AvgIpc) is 3.99. The van der Waals surface area contributed by atoms with Crippen LogP contribution in [-0.2, 0) is 9.59 Å². The molecule has 0 saturated heterocycles. The van der Waals surface area contributed by atoms with Crippen molar-refractivity contribution in [1.82, 2.24) is 19.9 Å². The number of aromatic nitrogens is 4. The van der Waals surface area contributed by atoms with Crippen LogP contribution in [0.1, 0.15) is 45.3 Å². The van der Waals surface area contributed by atoms with Gasteiger partial charge in [-0.3, -0.25) is 9.59 Å². The molecule has 4 N–H and O–H groups in total. The first-order chi connectivity index (χ1) is 25.4. The Morgan fingerprint density at radius 1 is 0.396 bits per heavy atom. The SMILES string of the molecule is O=C1C=CC(=C2c3ccc([n-]3)C(=C3C=CC(=O)C=C3)c3ccc([nH]3)/C(c3ccc(O)cc3)=c3/cc/c([n-]3)=C(\c3ccc(O)cc3)c3ccc2[nH]3)C=C1.[Pb+2]. The number of phenols is 2. The molecule has 6 aromatic rings. The molecule has 4 aromatic heterocycles. The fourth-order valence-corrected chi connectivity index (χ4v) is 6.92. The van der Waals surface area contributed by atoms with Crippen LogP contribution >= 0.6 is 0 Å². The number of hydrogen-bond acceptors (Lipinski definition) is 4. The van der Waals surface area contributed by atoms with Crippen LogP contribution in [0.4, 0.5) is 0 Å². The smallest absolute Gasteiger partial charge is 0.657 e. The van der Waals surface area contributed by atoms with Crippen molar-refractivity contribution in [3.63, 3.8) is 0 Å². The monoisotopic (exact) mass is 884 g/mol. The number of ketones is 2. The summed E-state index contributed by atoms with van der Waals surface area (Å²) in [6, 6.07) is 29.9. The summed E-state index contributed by atoms with van der Waals surface area (Å²) in [7, 11) is 0. The van der Waals surface area contributed by atoms with Gasteiger partial charge in [-0.1, -0.05) is 72.8 Å². The Labute approximate surface area is 323 Å². The zero-order valence-corrected chi connectivity index (χ0v) is 31.8. The van der Waals surface area contributed by atoms with Crippen molar-refractivity contribution in [2.24, 2.45) is 0 Å². The quantitative estimate of drug-likeness (QED) is 0.179. The molecule has 0 atom stereocenters. The summed E-state index contributed by atoms with van der Waals surface area (Å²) in [5.74, 6) is 0.125. The van der Waals surface area contributed by atoms with Crippen LogP contribution in [-0.4, -0.2) is 59.0 Å². The summed E-state index contributed by atoms with van der Waals surface area (Å²) in [6.45, 7) is 0. The maximum Gasteiger partial charge on any atom is 2.00 e. The van der Waals surface area contributed by atoms with Gasteiger partial charge < -0.3 is 30.1 Å². The molecule has 0 saturated carbocycles. The third kappa shape index (κ3) is 6.27. The second-order valence-electron chi connectivity index (χ2n) is 12.6. The largest absolute Gasteiger partial charge is 2.00 e. The Bertz CT molecular complexity index is 2550. The van der Waals surface area contributed by atoms with Crippen molar-refractivity contribution in [2.75, 3.05) is 0 Å². The van der Waals surface area contributed by atoms with Gasteiger partial charge in [0.1, 0.15) is 11.5 Å². The number of nitrogens with zero attached hydrogens (tertiary/aromatic N) is 2. The molecule has 0 unspecified atom stereocenters.